The molecule has 0 aliphatic heterocycles. The van der Waals surface area contributed by atoms with E-state index in [1.807, 2.05) is 29.2 Å². The summed E-state index contributed by atoms with van der Waals surface area (Å²) in [4.78, 5) is 25.5. The molecule has 0 aromatic heterocycles. The molecular weight excluding hydrogens is 356 g/mol. The first kappa shape index (κ1) is 20.0. The monoisotopic (exact) mass is 384 g/mol. The van der Waals surface area contributed by atoms with E-state index in [1.165, 1.54) is 0 Å². The summed E-state index contributed by atoms with van der Waals surface area (Å²) in [6, 6.07) is 12.2. The zero-order valence-corrected chi connectivity index (χ0v) is 16.3. The van der Waals surface area contributed by atoms with Crippen molar-refractivity contribution in [1.29, 1.82) is 0 Å². The third-order valence-corrected chi connectivity index (χ3v) is 5.42. The van der Waals surface area contributed by atoms with E-state index in [2.05, 4.69) is 17.4 Å². The Kier molecular flexibility index (Phi) is 6.74. The second-order valence-electron chi connectivity index (χ2n) is 7.26. The van der Waals surface area contributed by atoms with Gasteiger partial charge in [0.1, 0.15) is 5.75 Å². The molecule has 0 spiro atoms. The molecule has 1 aliphatic carbocycles. The molecule has 3 rings (SSSR count). The standard InChI is InChI=1S/C22H28N2O4/c1-28-20-13-12-16-7-2-5-10-18(16)19(20)15-24(17-8-3-4-9-17)22(27)23-14-6-11-21(25)26/h2,5,7,10,12-13,17H,3-4,6,8-9,11,14-15H2,1H3,(H,23,27)(H,25,26). The van der Waals surface area contributed by atoms with Crippen LogP contribution in [0.4, 0.5) is 4.79 Å². The summed E-state index contributed by atoms with van der Waals surface area (Å²) < 4.78 is 5.60. The van der Waals surface area contributed by atoms with Crippen molar-refractivity contribution in [3.63, 3.8) is 0 Å². The van der Waals surface area contributed by atoms with E-state index in [-0.39, 0.29) is 18.5 Å². The van der Waals surface area contributed by atoms with Crippen molar-refractivity contribution in [2.24, 2.45) is 0 Å². The molecule has 1 saturated carbocycles. The minimum Gasteiger partial charge on any atom is -0.496 e. The molecule has 150 valence electrons. The van der Waals surface area contributed by atoms with Gasteiger partial charge in [-0.15, -0.1) is 0 Å². The van der Waals surface area contributed by atoms with Crippen molar-refractivity contribution < 1.29 is 19.4 Å². The summed E-state index contributed by atoms with van der Waals surface area (Å²) in [5, 5.41) is 13.9. The van der Waals surface area contributed by atoms with E-state index in [1.54, 1.807) is 7.11 Å². The highest BCUT2D eigenvalue weighted by molar-refractivity contribution is 5.88. The Bertz CT molecular complexity index is 830. The Balaban J connectivity index is 1.82. The predicted molar refractivity (Wildman–Crippen MR) is 109 cm³/mol. The van der Waals surface area contributed by atoms with Gasteiger partial charge in [0.15, 0.2) is 0 Å². The molecule has 0 bridgehead atoms. The highest BCUT2D eigenvalue weighted by Gasteiger charge is 2.28. The van der Waals surface area contributed by atoms with E-state index in [0.717, 1.165) is 47.8 Å². The summed E-state index contributed by atoms with van der Waals surface area (Å²) in [5.41, 5.74) is 1.01. The zero-order chi connectivity index (χ0) is 19.9. The van der Waals surface area contributed by atoms with Crippen molar-refractivity contribution in [2.45, 2.75) is 51.1 Å². The van der Waals surface area contributed by atoms with Crippen molar-refractivity contribution >= 4 is 22.8 Å². The lowest BCUT2D eigenvalue weighted by atomic mass is 10.0. The van der Waals surface area contributed by atoms with Crippen molar-refractivity contribution in [3.8, 4) is 5.75 Å². The highest BCUT2D eigenvalue weighted by Crippen LogP contribution is 2.32. The van der Waals surface area contributed by atoms with Crippen LogP contribution in [0.25, 0.3) is 10.8 Å². The van der Waals surface area contributed by atoms with Crippen LogP contribution in [0.3, 0.4) is 0 Å². The van der Waals surface area contributed by atoms with Crippen LogP contribution in [-0.2, 0) is 11.3 Å². The van der Waals surface area contributed by atoms with Crippen LogP contribution in [-0.4, -0.2) is 41.7 Å². The number of benzene rings is 2. The molecule has 0 saturated heterocycles. The summed E-state index contributed by atoms with van der Waals surface area (Å²) in [6.45, 7) is 0.834. The Morgan fingerprint density at radius 1 is 1.18 bits per heavy atom. The quantitative estimate of drug-likeness (QED) is 0.670. The average molecular weight is 384 g/mol. The zero-order valence-electron chi connectivity index (χ0n) is 16.3. The molecule has 2 amide bonds. The number of rotatable bonds is 8. The first-order chi connectivity index (χ1) is 13.6. The fourth-order valence-electron chi connectivity index (χ4n) is 3.96. The highest BCUT2D eigenvalue weighted by atomic mass is 16.5. The number of nitrogens with one attached hydrogen (secondary N) is 1. The van der Waals surface area contributed by atoms with Gasteiger partial charge >= 0.3 is 12.0 Å². The van der Waals surface area contributed by atoms with Crippen LogP contribution >= 0.6 is 0 Å². The smallest absolute Gasteiger partial charge is 0.317 e. The summed E-state index contributed by atoms with van der Waals surface area (Å²) >= 11 is 0. The number of amides is 2. The van der Waals surface area contributed by atoms with Crippen molar-refractivity contribution in [2.75, 3.05) is 13.7 Å². The molecule has 1 fully saturated rings. The van der Waals surface area contributed by atoms with Gasteiger partial charge in [-0.1, -0.05) is 43.2 Å². The molecule has 0 atom stereocenters. The van der Waals surface area contributed by atoms with Crippen LogP contribution in [0.1, 0.15) is 44.1 Å². The second kappa shape index (κ2) is 9.44. The van der Waals surface area contributed by atoms with E-state index >= 15 is 0 Å². The molecular formula is C22H28N2O4. The fourth-order valence-corrected chi connectivity index (χ4v) is 3.96. The number of aliphatic carboxylic acids is 1. The Morgan fingerprint density at radius 2 is 1.93 bits per heavy atom. The minimum absolute atomic E-state index is 0.0564. The van der Waals surface area contributed by atoms with Crippen LogP contribution in [0.5, 0.6) is 5.75 Å². The second-order valence-corrected chi connectivity index (χ2v) is 7.26. The van der Waals surface area contributed by atoms with Gasteiger partial charge in [0.05, 0.1) is 13.7 Å². The minimum atomic E-state index is -0.845. The van der Waals surface area contributed by atoms with Gasteiger partial charge in [-0.3, -0.25) is 4.79 Å². The third kappa shape index (κ3) is 4.74. The van der Waals surface area contributed by atoms with Gasteiger partial charge < -0.3 is 20.1 Å². The molecule has 0 radical (unpaired) electrons. The number of carbonyl (C=O) groups is 2. The summed E-state index contributed by atoms with van der Waals surface area (Å²) in [5.74, 6) is -0.0669. The number of carbonyl (C=O) groups excluding carboxylic acids is 1. The molecule has 28 heavy (non-hydrogen) atoms. The van der Waals surface area contributed by atoms with Crippen molar-refractivity contribution in [3.05, 3.63) is 42.0 Å². The number of hydrogen-bond donors (Lipinski definition) is 2. The summed E-state index contributed by atoms with van der Waals surface area (Å²) in [7, 11) is 1.65. The van der Waals surface area contributed by atoms with E-state index in [0.29, 0.717) is 19.5 Å². The van der Waals surface area contributed by atoms with Gasteiger partial charge in [0.25, 0.3) is 0 Å². The largest absolute Gasteiger partial charge is 0.496 e. The third-order valence-electron chi connectivity index (χ3n) is 5.42. The normalized spacial score (nSPS) is 14.2. The lowest BCUT2D eigenvalue weighted by Gasteiger charge is -2.30. The van der Waals surface area contributed by atoms with E-state index in [9.17, 15) is 9.59 Å². The average Bonchev–Trinajstić information content (AvgIpc) is 3.23. The number of urea groups is 1. The van der Waals surface area contributed by atoms with Gasteiger partial charge in [-0.2, -0.15) is 0 Å². The van der Waals surface area contributed by atoms with Crippen LogP contribution < -0.4 is 10.1 Å². The number of carboxylic acid groups (broad SMARTS) is 1. The maximum absolute atomic E-state index is 12.9. The lowest BCUT2D eigenvalue weighted by molar-refractivity contribution is -0.137. The van der Waals surface area contributed by atoms with E-state index in [4.69, 9.17) is 9.84 Å². The molecule has 2 aromatic rings. The number of carboxylic acids is 1. The molecule has 6 heteroatoms. The Hall–Kier alpha value is -2.76. The van der Waals surface area contributed by atoms with Gasteiger partial charge in [-0.05, 0) is 36.1 Å². The molecule has 2 N–H and O–H groups in total. The number of hydrogen-bond acceptors (Lipinski definition) is 3. The lowest BCUT2D eigenvalue weighted by Crippen LogP contribution is -2.45. The van der Waals surface area contributed by atoms with Crippen LogP contribution in [0.15, 0.2) is 36.4 Å². The number of ether oxygens (including phenoxy) is 1. The fraction of sp³-hybridized carbons (Fsp3) is 0.455. The maximum Gasteiger partial charge on any atom is 0.317 e. The first-order valence-corrected chi connectivity index (χ1v) is 9.91. The number of fused-ring (bicyclic) bond motifs is 1. The number of methoxy groups -OCH3 is 1. The van der Waals surface area contributed by atoms with Crippen LogP contribution in [0.2, 0.25) is 0 Å². The molecule has 6 nitrogen and oxygen atoms in total. The Labute approximate surface area is 165 Å². The topological polar surface area (TPSA) is 78.9 Å². The SMILES string of the molecule is COc1ccc2ccccc2c1CN(C(=O)NCCCC(=O)O)C1CCCC1. The first-order valence-electron chi connectivity index (χ1n) is 9.91. The van der Waals surface area contributed by atoms with Gasteiger partial charge in [0, 0.05) is 24.6 Å². The van der Waals surface area contributed by atoms with Crippen LogP contribution in [0, 0.1) is 0 Å². The van der Waals surface area contributed by atoms with E-state index < -0.39 is 5.97 Å². The Morgan fingerprint density at radius 3 is 2.64 bits per heavy atom. The molecule has 0 heterocycles. The molecule has 0 unspecified atom stereocenters. The van der Waals surface area contributed by atoms with Crippen molar-refractivity contribution in [1.82, 2.24) is 10.2 Å². The predicted octanol–water partition coefficient (Wildman–Crippen LogP) is 4.17. The number of nitrogens with zero attached hydrogens (tertiary/aromatic N) is 1. The van der Waals surface area contributed by atoms with Gasteiger partial charge in [-0.25, -0.2) is 4.79 Å². The summed E-state index contributed by atoms with van der Waals surface area (Å²) in [6.07, 6.45) is 4.73. The molecule has 1 aliphatic rings. The van der Waals surface area contributed by atoms with Gasteiger partial charge in [0.2, 0.25) is 0 Å². The maximum atomic E-state index is 12.9. The molecule has 2 aromatic carbocycles.